The predicted molar refractivity (Wildman–Crippen MR) is 63.5 cm³/mol. The summed E-state index contributed by atoms with van der Waals surface area (Å²) < 4.78 is 4.55. The van der Waals surface area contributed by atoms with Gasteiger partial charge in [-0.1, -0.05) is 0 Å². The van der Waals surface area contributed by atoms with Crippen LogP contribution < -0.4 is 10.9 Å². The lowest BCUT2D eigenvalue weighted by atomic mass is 10.2. The molecule has 1 fully saturated rings. The summed E-state index contributed by atoms with van der Waals surface area (Å²) in [5.41, 5.74) is 0.739. The highest BCUT2D eigenvalue weighted by Gasteiger charge is 2.25. The summed E-state index contributed by atoms with van der Waals surface area (Å²) in [6.07, 6.45) is 3.52. The smallest absolute Gasteiger partial charge is 0.336 e. The molecule has 6 nitrogen and oxygen atoms in total. The van der Waals surface area contributed by atoms with Gasteiger partial charge in [-0.15, -0.1) is 0 Å². The second-order valence-electron chi connectivity index (χ2n) is 4.28. The Morgan fingerprint density at radius 3 is 3.00 bits per heavy atom. The summed E-state index contributed by atoms with van der Waals surface area (Å²) in [5, 5.41) is 9.52. The Bertz CT molecular complexity index is 640. The van der Waals surface area contributed by atoms with Crippen molar-refractivity contribution in [1.29, 1.82) is 0 Å². The standard InChI is InChI=1S/C12H11N3O3/c16-11-5-8(3-4-18-11)12(17)13-10-6-9(14-15-10)7-1-2-7/h3-7H,1-2H2,(H2,13,14,15,17). The summed E-state index contributed by atoms with van der Waals surface area (Å²) >= 11 is 0. The van der Waals surface area contributed by atoms with Crippen LogP contribution in [0.5, 0.6) is 0 Å². The van der Waals surface area contributed by atoms with Crippen molar-refractivity contribution in [3.05, 3.63) is 46.1 Å². The first kappa shape index (κ1) is 10.8. The molecule has 0 aliphatic heterocycles. The van der Waals surface area contributed by atoms with Crippen LogP contribution in [0.15, 0.2) is 33.7 Å². The fraction of sp³-hybridized carbons (Fsp3) is 0.250. The minimum Gasteiger partial charge on any atom is -0.431 e. The third-order valence-corrected chi connectivity index (χ3v) is 2.82. The molecule has 0 atom stereocenters. The van der Waals surface area contributed by atoms with Crippen LogP contribution in [0.2, 0.25) is 0 Å². The lowest BCUT2D eigenvalue weighted by molar-refractivity contribution is 0.102. The van der Waals surface area contributed by atoms with E-state index in [0.29, 0.717) is 11.7 Å². The highest BCUT2D eigenvalue weighted by molar-refractivity contribution is 6.03. The van der Waals surface area contributed by atoms with E-state index in [9.17, 15) is 9.59 Å². The van der Waals surface area contributed by atoms with Crippen LogP contribution in [-0.4, -0.2) is 16.1 Å². The second kappa shape index (κ2) is 4.14. The van der Waals surface area contributed by atoms with Crippen LogP contribution in [0.25, 0.3) is 0 Å². The molecule has 0 unspecified atom stereocenters. The quantitative estimate of drug-likeness (QED) is 0.857. The number of nitrogens with zero attached hydrogens (tertiary/aromatic N) is 1. The summed E-state index contributed by atoms with van der Waals surface area (Å²) in [6.45, 7) is 0. The highest BCUT2D eigenvalue weighted by atomic mass is 16.4. The molecule has 2 N–H and O–H groups in total. The van der Waals surface area contributed by atoms with E-state index in [1.54, 1.807) is 0 Å². The minimum atomic E-state index is -0.552. The van der Waals surface area contributed by atoms with Crippen LogP contribution in [0.4, 0.5) is 5.82 Å². The summed E-state index contributed by atoms with van der Waals surface area (Å²) in [5.74, 6) is 0.638. The maximum Gasteiger partial charge on any atom is 0.336 e. The van der Waals surface area contributed by atoms with Crippen molar-refractivity contribution in [1.82, 2.24) is 10.2 Å². The van der Waals surface area contributed by atoms with Crippen molar-refractivity contribution in [3.63, 3.8) is 0 Å². The Balaban J connectivity index is 1.75. The number of aromatic nitrogens is 2. The fourth-order valence-corrected chi connectivity index (χ4v) is 1.72. The molecule has 18 heavy (non-hydrogen) atoms. The van der Waals surface area contributed by atoms with Crippen LogP contribution >= 0.6 is 0 Å². The van der Waals surface area contributed by atoms with E-state index in [1.165, 1.54) is 12.3 Å². The van der Waals surface area contributed by atoms with Gasteiger partial charge in [0, 0.05) is 23.7 Å². The van der Waals surface area contributed by atoms with Crippen molar-refractivity contribution in [2.75, 3.05) is 5.32 Å². The number of anilines is 1. The van der Waals surface area contributed by atoms with Gasteiger partial charge >= 0.3 is 5.63 Å². The normalized spacial score (nSPS) is 14.4. The Morgan fingerprint density at radius 1 is 1.44 bits per heavy atom. The molecular weight excluding hydrogens is 234 g/mol. The number of nitrogens with one attached hydrogen (secondary N) is 2. The number of hydrogen-bond donors (Lipinski definition) is 2. The molecule has 0 bridgehead atoms. The topological polar surface area (TPSA) is 88.0 Å². The van der Waals surface area contributed by atoms with E-state index in [4.69, 9.17) is 0 Å². The molecule has 2 aromatic heterocycles. The molecule has 2 aromatic rings. The molecule has 0 saturated heterocycles. The molecule has 3 rings (SSSR count). The Morgan fingerprint density at radius 2 is 2.28 bits per heavy atom. The van der Waals surface area contributed by atoms with Gasteiger partial charge in [-0.3, -0.25) is 9.89 Å². The molecule has 1 aliphatic carbocycles. The van der Waals surface area contributed by atoms with E-state index in [2.05, 4.69) is 19.9 Å². The van der Waals surface area contributed by atoms with Crippen molar-refractivity contribution in [3.8, 4) is 0 Å². The molecule has 2 heterocycles. The number of amides is 1. The van der Waals surface area contributed by atoms with Gasteiger partial charge in [0.1, 0.15) is 0 Å². The molecule has 1 aliphatic rings. The van der Waals surface area contributed by atoms with Crippen LogP contribution in [0, 0.1) is 0 Å². The fourth-order valence-electron chi connectivity index (χ4n) is 1.72. The number of carbonyl (C=O) groups is 1. The molecule has 0 spiro atoms. The van der Waals surface area contributed by atoms with E-state index in [1.807, 2.05) is 6.07 Å². The van der Waals surface area contributed by atoms with Gasteiger partial charge in [-0.2, -0.15) is 5.10 Å². The molecule has 1 saturated carbocycles. The largest absolute Gasteiger partial charge is 0.431 e. The molecule has 92 valence electrons. The van der Waals surface area contributed by atoms with Gasteiger partial charge < -0.3 is 9.73 Å². The number of carbonyl (C=O) groups excluding carboxylic acids is 1. The first-order valence-electron chi connectivity index (χ1n) is 5.68. The maximum atomic E-state index is 11.8. The number of aromatic amines is 1. The SMILES string of the molecule is O=C(Nc1cc(C2CC2)[nH]n1)c1ccoc(=O)c1. The Kier molecular flexibility index (Phi) is 2.47. The molecule has 1 amide bonds. The number of H-pyrrole nitrogens is 1. The zero-order chi connectivity index (χ0) is 12.5. The van der Waals surface area contributed by atoms with Gasteiger partial charge in [0.15, 0.2) is 5.82 Å². The van der Waals surface area contributed by atoms with E-state index in [-0.39, 0.29) is 11.5 Å². The van der Waals surface area contributed by atoms with Crippen molar-refractivity contribution < 1.29 is 9.21 Å². The minimum absolute atomic E-state index is 0.252. The van der Waals surface area contributed by atoms with Gasteiger partial charge in [0.25, 0.3) is 5.91 Å². The zero-order valence-electron chi connectivity index (χ0n) is 9.47. The van der Waals surface area contributed by atoms with Gasteiger partial charge in [-0.05, 0) is 18.9 Å². The average Bonchev–Trinajstić information content (AvgIpc) is 3.11. The average molecular weight is 245 g/mol. The van der Waals surface area contributed by atoms with Crippen molar-refractivity contribution in [2.24, 2.45) is 0 Å². The van der Waals surface area contributed by atoms with Crippen molar-refractivity contribution in [2.45, 2.75) is 18.8 Å². The van der Waals surface area contributed by atoms with Gasteiger partial charge in [-0.25, -0.2) is 4.79 Å². The van der Waals surface area contributed by atoms with Gasteiger partial charge in [0.05, 0.1) is 11.8 Å². The molecule has 6 heteroatoms. The third-order valence-electron chi connectivity index (χ3n) is 2.82. The van der Waals surface area contributed by atoms with E-state index >= 15 is 0 Å². The second-order valence-corrected chi connectivity index (χ2v) is 4.28. The zero-order valence-corrected chi connectivity index (χ0v) is 9.47. The first-order chi connectivity index (χ1) is 8.72. The molecular formula is C12H11N3O3. The number of rotatable bonds is 3. The third kappa shape index (κ3) is 2.17. The van der Waals surface area contributed by atoms with Crippen LogP contribution in [0.1, 0.15) is 34.8 Å². The molecule has 0 aromatic carbocycles. The highest BCUT2D eigenvalue weighted by Crippen LogP contribution is 2.39. The van der Waals surface area contributed by atoms with E-state index < -0.39 is 5.63 Å². The lowest BCUT2D eigenvalue weighted by Crippen LogP contribution is -2.14. The van der Waals surface area contributed by atoms with Crippen molar-refractivity contribution >= 4 is 11.7 Å². The monoisotopic (exact) mass is 245 g/mol. The van der Waals surface area contributed by atoms with Crippen LogP contribution in [0.3, 0.4) is 0 Å². The molecule has 0 radical (unpaired) electrons. The summed E-state index contributed by atoms with van der Waals surface area (Å²) in [6, 6.07) is 4.40. The Labute approximate surface area is 102 Å². The lowest BCUT2D eigenvalue weighted by Gasteiger charge is -1.99. The van der Waals surface area contributed by atoms with Gasteiger partial charge in [0.2, 0.25) is 0 Å². The number of hydrogen-bond acceptors (Lipinski definition) is 4. The summed E-state index contributed by atoms with van der Waals surface area (Å²) in [4.78, 5) is 22.8. The maximum absolute atomic E-state index is 11.8. The first-order valence-corrected chi connectivity index (χ1v) is 5.68. The van der Waals surface area contributed by atoms with Crippen LogP contribution in [-0.2, 0) is 0 Å². The Hall–Kier alpha value is -2.37. The van der Waals surface area contributed by atoms with E-state index in [0.717, 1.165) is 24.6 Å². The predicted octanol–water partition coefficient (Wildman–Crippen LogP) is 1.49. The summed E-state index contributed by atoms with van der Waals surface area (Å²) in [7, 11) is 0.